The summed E-state index contributed by atoms with van der Waals surface area (Å²) in [4.78, 5) is 13.4. The lowest BCUT2D eigenvalue weighted by molar-refractivity contribution is 0.0200. The first-order valence-corrected chi connectivity index (χ1v) is 5.55. The molecule has 0 aliphatic rings. The topological polar surface area (TPSA) is 45.5 Å². The molecule has 0 aliphatic heterocycles. The molecule has 102 valence electrons. The van der Waals surface area contributed by atoms with Crippen LogP contribution in [0.15, 0.2) is 10.9 Å². The summed E-state index contributed by atoms with van der Waals surface area (Å²) in [6.45, 7) is 1.20. The van der Waals surface area contributed by atoms with E-state index in [2.05, 4.69) is 0 Å². The molecule has 1 aromatic heterocycles. The van der Waals surface area contributed by atoms with E-state index in [1.807, 2.05) is 19.0 Å². The van der Waals surface area contributed by atoms with Gasteiger partial charge >= 0.3 is 0 Å². The predicted octanol–water partition coefficient (Wildman–Crippen LogP) is 1.35. The van der Waals surface area contributed by atoms with E-state index in [1.165, 1.54) is 10.6 Å². The van der Waals surface area contributed by atoms with Crippen molar-refractivity contribution in [3.8, 4) is 5.75 Å². The molecule has 6 heteroatoms. The molecule has 18 heavy (non-hydrogen) atoms. The maximum Gasteiger partial charge on any atom is 0.250 e. The molecule has 0 atom stereocenters. The fourth-order valence-corrected chi connectivity index (χ4v) is 1.76. The molecule has 1 N–H and O–H groups in total. The zero-order chi connectivity index (χ0) is 14.1. The van der Waals surface area contributed by atoms with Crippen LogP contribution in [0, 0.1) is 0 Å². The van der Waals surface area contributed by atoms with Gasteiger partial charge in [0.25, 0.3) is 5.92 Å². The molecule has 0 bridgehead atoms. The van der Waals surface area contributed by atoms with E-state index in [1.54, 1.807) is 7.05 Å². The quantitative estimate of drug-likeness (QED) is 0.889. The van der Waals surface area contributed by atoms with Crippen LogP contribution >= 0.6 is 0 Å². The number of halogens is 2. The van der Waals surface area contributed by atoms with Crippen LogP contribution in [0.1, 0.15) is 18.3 Å². The van der Waals surface area contributed by atoms with Crippen molar-refractivity contribution in [2.24, 2.45) is 7.05 Å². The van der Waals surface area contributed by atoms with E-state index in [4.69, 9.17) is 0 Å². The number of pyridine rings is 1. The molecule has 0 saturated carbocycles. The largest absolute Gasteiger partial charge is 0.503 e. The first-order valence-electron chi connectivity index (χ1n) is 5.55. The van der Waals surface area contributed by atoms with Crippen molar-refractivity contribution in [3.63, 3.8) is 0 Å². The third-order valence-electron chi connectivity index (χ3n) is 2.60. The lowest BCUT2D eigenvalue weighted by Gasteiger charge is -2.20. The number of aromatic nitrogens is 1. The lowest BCUT2D eigenvalue weighted by Crippen LogP contribution is -2.24. The first-order chi connectivity index (χ1) is 8.11. The predicted molar refractivity (Wildman–Crippen MR) is 65.1 cm³/mol. The number of hydrogen-bond acceptors (Lipinski definition) is 3. The molecule has 0 saturated heterocycles. The monoisotopic (exact) mass is 260 g/mol. The van der Waals surface area contributed by atoms with E-state index in [0.717, 1.165) is 6.92 Å². The van der Waals surface area contributed by atoms with Gasteiger partial charge in [0.15, 0.2) is 5.75 Å². The Morgan fingerprint density at radius 3 is 2.44 bits per heavy atom. The number of rotatable bonds is 4. The van der Waals surface area contributed by atoms with Crippen LogP contribution in [-0.4, -0.2) is 34.6 Å². The van der Waals surface area contributed by atoms with Crippen LogP contribution in [0.2, 0.25) is 0 Å². The van der Waals surface area contributed by atoms with E-state index < -0.39 is 23.5 Å². The van der Waals surface area contributed by atoms with Crippen LogP contribution in [0.5, 0.6) is 5.75 Å². The molecule has 4 nitrogen and oxygen atoms in total. The Kier molecular flexibility index (Phi) is 4.11. The molecular weight excluding hydrogens is 242 g/mol. The zero-order valence-electron chi connectivity index (χ0n) is 11.0. The maximum absolute atomic E-state index is 13.1. The van der Waals surface area contributed by atoms with Crippen molar-refractivity contribution in [1.29, 1.82) is 0 Å². The van der Waals surface area contributed by atoms with Crippen molar-refractivity contribution in [1.82, 2.24) is 9.47 Å². The molecule has 0 aromatic carbocycles. The van der Waals surface area contributed by atoms with Gasteiger partial charge in [0, 0.05) is 25.4 Å². The van der Waals surface area contributed by atoms with Gasteiger partial charge in [-0.3, -0.25) is 4.79 Å². The van der Waals surface area contributed by atoms with Crippen molar-refractivity contribution < 1.29 is 13.9 Å². The highest BCUT2D eigenvalue weighted by molar-refractivity contribution is 5.30. The Morgan fingerprint density at radius 2 is 2.00 bits per heavy atom. The normalized spacial score (nSPS) is 12.2. The van der Waals surface area contributed by atoms with Gasteiger partial charge in [-0.25, -0.2) is 8.78 Å². The molecule has 0 radical (unpaired) electrons. The first kappa shape index (κ1) is 14.6. The van der Waals surface area contributed by atoms with Crippen LogP contribution in [0.25, 0.3) is 0 Å². The second-order valence-electron chi connectivity index (χ2n) is 4.84. The smallest absolute Gasteiger partial charge is 0.250 e. The fraction of sp³-hybridized carbons (Fsp3) is 0.583. The minimum absolute atomic E-state index is 0.0353. The van der Waals surface area contributed by atoms with Gasteiger partial charge in [-0.2, -0.15) is 0 Å². The van der Waals surface area contributed by atoms with Gasteiger partial charge < -0.3 is 14.6 Å². The minimum Gasteiger partial charge on any atom is -0.503 e. The number of aromatic hydroxyl groups is 1. The highest BCUT2D eigenvalue weighted by atomic mass is 19.3. The Bertz CT molecular complexity index is 490. The number of alkyl halides is 2. The van der Waals surface area contributed by atoms with Crippen LogP contribution in [0.3, 0.4) is 0 Å². The van der Waals surface area contributed by atoms with Gasteiger partial charge in [0.05, 0.1) is 12.1 Å². The second-order valence-corrected chi connectivity index (χ2v) is 4.84. The third-order valence-corrected chi connectivity index (χ3v) is 2.60. The van der Waals surface area contributed by atoms with Crippen molar-refractivity contribution >= 4 is 0 Å². The Hall–Kier alpha value is -1.43. The van der Waals surface area contributed by atoms with Crippen LogP contribution in [-0.2, 0) is 20.0 Å². The summed E-state index contributed by atoms with van der Waals surface area (Å²) < 4.78 is 27.6. The summed E-state index contributed by atoms with van der Waals surface area (Å²) in [5, 5.41) is 9.62. The summed E-state index contributed by atoms with van der Waals surface area (Å²) in [6, 6.07) is 1.27. The summed E-state index contributed by atoms with van der Waals surface area (Å²) in [6.07, 6.45) is -0.661. The van der Waals surface area contributed by atoms with E-state index in [9.17, 15) is 18.7 Å². The molecule has 0 fully saturated rings. The van der Waals surface area contributed by atoms with Crippen LogP contribution < -0.4 is 5.43 Å². The molecule has 0 spiro atoms. The van der Waals surface area contributed by atoms with E-state index >= 15 is 0 Å². The molecular formula is C12H18F2N2O2. The summed E-state index contributed by atoms with van der Waals surface area (Å²) in [5.74, 6) is -3.57. The molecule has 0 unspecified atom stereocenters. The Labute approximate surface area is 104 Å². The Balaban J connectivity index is 3.31. The summed E-state index contributed by atoms with van der Waals surface area (Å²) >= 11 is 0. The van der Waals surface area contributed by atoms with Crippen molar-refractivity contribution in [2.45, 2.75) is 25.8 Å². The van der Waals surface area contributed by atoms with Gasteiger partial charge in [-0.1, -0.05) is 0 Å². The van der Waals surface area contributed by atoms with Gasteiger partial charge in [0.1, 0.15) is 0 Å². The third kappa shape index (κ3) is 3.53. The molecule has 0 aliphatic carbocycles. The van der Waals surface area contributed by atoms with Crippen LogP contribution in [0.4, 0.5) is 8.78 Å². The molecule has 1 aromatic rings. The standard InChI is InChI=1S/C12H18F2N2O2/c1-12(13,14)6-9-11(18)10(17)5-8(16(9)4)7-15(2)3/h5,18H,6-7H2,1-4H3. The van der Waals surface area contributed by atoms with E-state index in [-0.39, 0.29) is 5.69 Å². The van der Waals surface area contributed by atoms with Gasteiger partial charge in [-0.05, 0) is 21.0 Å². The molecule has 1 heterocycles. The zero-order valence-corrected chi connectivity index (χ0v) is 11.0. The average molecular weight is 260 g/mol. The van der Waals surface area contributed by atoms with Gasteiger partial charge in [0.2, 0.25) is 5.43 Å². The highest BCUT2D eigenvalue weighted by Gasteiger charge is 2.26. The number of hydrogen-bond donors (Lipinski definition) is 1. The van der Waals surface area contributed by atoms with Gasteiger partial charge in [-0.15, -0.1) is 0 Å². The molecule has 0 amide bonds. The average Bonchev–Trinajstić information content (AvgIpc) is 2.19. The van der Waals surface area contributed by atoms with Crippen molar-refractivity contribution in [3.05, 3.63) is 27.7 Å². The summed E-state index contributed by atoms with van der Waals surface area (Å²) in [5.41, 5.74) is -0.0712. The Morgan fingerprint density at radius 1 is 1.44 bits per heavy atom. The molecule has 1 rings (SSSR count). The van der Waals surface area contributed by atoms with E-state index in [0.29, 0.717) is 12.2 Å². The maximum atomic E-state index is 13.1. The minimum atomic E-state index is -2.97. The summed E-state index contributed by atoms with van der Waals surface area (Å²) in [7, 11) is 5.19. The lowest BCUT2D eigenvalue weighted by atomic mass is 10.1. The second kappa shape index (κ2) is 5.06. The highest BCUT2D eigenvalue weighted by Crippen LogP contribution is 2.23. The SMILES string of the molecule is CN(C)Cc1cc(=O)c(O)c(CC(C)(F)F)n1C. The number of nitrogens with zero attached hydrogens (tertiary/aromatic N) is 2. The van der Waals surface area contributed by atoms with Crippen molar-refractivity contribution in [2.75, 3.05) is 14.1 Å². The fourth-order valence-electron chi connectivity index (χ4n) is 1.76.